The van der Waals surface area contributed by atoms with Gasteiger partial charge in [-0.1, -0.05) is 6.07 Å². The number of alkyl halides is 3. The van der Waals surface area contributed by atoms with Crippen molar-refractivity contribution in [2.75, 3.05) is 0 Å². The summed E-state index contributed by atoms with van der Waals surface area (Å²) in [5.41, 5.74) is -0.819. The van der Waals surface area contributed by atoms with Crippen molar-refractivity contribution >= 4 is 16.9 Å². The lowest BCUT2D eigenvalue weighted by molar-refractivity contribution is -0.144. The second kappa shape index (κ2) is 5.23. The predicted molar refractivity (Wildman–Crippen MR) is 69.2 cm³/mol. The van der Waals surface area contributed by atoms with E-state index in [-0.39, 0.29) is 16.7 Å². The molecule has 1 heterocycles. The first-order chi connectivity index (χ1) is 9.70. The van der Waals surface area contributed by atoms with E-state index in [0.29, 0.717) is 5.69 Å². The molecular weight excluding hydrogens is 287 g/mol. The van der Waals surface area contributed by atoms with Crippen LogP contribution in [0.2, 0.25) is 0 Å². The third-order valence-corrected chi connectivity index (χ3v) is 2.89. The van der Waals surface area contributed by atoms with E-state index >= 15 is 0 Å². The van der Waals surface area contributed by atoms with Gasteiger partial charge in [0.15, 0.2) is 6.10 Å². The van der Waals surface area contributed by atoms with E-state index < -0.39 is 23.8 Å². The van der Waals surface area contributed by atoms with Crippen molar-refractivity contribution in [1.29, 1.82) is 0 Å². The lowest BCUT2D eigenvalue weighted by Crippen LogP contribution is -2.23. The summed E-state index contributed by atoms with van der Waals surface area (Å²) in [6.45, 7) is 2.82. The highest BCUT2D eigenvalue weighted by Gasteiger charge is 2.33. The van der Waals surface area contributed by atoms with Crippen molar-refractivity contribution in [3.8, 4) is 5.75 Å². The highest BCUT2D eigenvalue weighted by molar-refractivity contribution is 5.88. The molecule has 2 rings (SSSR count). The van der Waals surface area contributed by atoms with Crippen LogP contribution in [0, 0.1) is 6.92 Å². The number of benzene rings is 1. The summed E-state index contributed by atoms with van der Waals surface area (Å²) in [4.78, 5) is 14.7. The molecule has 0 spiro atoms. The molecule has 4 nitrogen and oxygen atoms in total. The first-order valence-corrected chi connectivity index (χ1v) is 6.07. The normalized spacial score (nSPS) is 13.2. The number of hydrogen-bond donors (Lipinski definition) is 1. The molecule has 2 aromatic rings. The molecule has 1 N–H and O–H groups in total. The zero-order valence-corrected chi connectivity index (χ0v) is 11.2. The largest absolute Gasteiger partial charge is 0.479 e. The predicted octanol–water partition coefficient (Wildman–Crippen LogP) is 3.41. The van der Waals surface area contributed by atoms with E-state index in [0.717, 1.165) is 6.07 Å². The summed E-state index contributed by atoms with van der Waals surface area (Å²) >= 11 is 0. The average molecular weight is 299 g/mol. The third-order valence-electron chi connectivity index (χ3n) is 2.89. The van der Waals surface area contributed by atoms with E-state index in [1.807, 2.05) is 0 Å². The van der Waals surface area contributed by atoms with Crippen molar-refractivity contribution in [2.24, 2.45) is 0 Å². The van der Waals surface area contributed by atoms with Gasteiger partial charge >= 0.3 is 12.1 Å². The number of aryl methyl sites for hydroxylation is 1. The minimum absolute atomic E-state index is 0.0681. The molecule has 1 unspecified atom stereocenters. The van der Waals surface area contributed by atoms with Gasteiger partial charge in [0, 0.05) is 17.1 Å². The number of halogens is 3. The molecule has 0 amide bonds. The molecule has 0 saturated carbocycles. The lowest BCUT2D eigenvalue weighted by Gasteiger charge is -2.15. The first kappa shape index (κ1) is 15.1. The van der Waals surface area contributed by atoms with Crippen LogP contribution in [0.4, 0.5) is 13.2 Å². The molecule has 1 aromatic heterocycles. The molecule has 0 bridgehead atoms. The van der Waals surface area contributed by atoms with Crippen LogP contribution >= 0.6 is 0 Å². The zero-order chi connectivity index (χ0) is 15.8. The fraction of sp³-hybridized carbons (Fsp3) is 0.286. The molecule has 7 heteroatoms. The standard InChI is InChI=1S/C14H12F3NO3/c1-7-6-11(21-8(2)13(19)20)9-4-3-5-10(12(9)18-7)14(15,16)17/h3-6,8H,1-2H3,(H,19,20). The van der Waals surface area contributed by atoms with Gasteiger partial charge in [0.25, 0.3) is 0 Å². The van der Waals surface area contributed by atoms with Gasteiger partial charge in [0.1, 0.15) is 5.75 Å². The van der Waals surface area contributed by atoms with Gasteiger partial charge in [-0.05, 0) is 26.0 Å². The summed E-state index contributed by atoms with van der Waals surface area (Å²) in [5.74, 6) is -1.14. The number of carboxylic acid groups (broad SMARTS) is 1. The Hall–Kier alpha value is -2.31. The van der Waals surface area contributed by atoms with Crippen molar-refractivity contribution in [3.63, 3.8) is 0 Å². The third kappa shape index (κ3) is 3.07. The fourth-order valence-corrected chi connectivity index (χ4v) is 1.91. The van der Waals surface area contributed by atoms with Crippen LogP contribution in [0.25, 0.3) is 10.9 Å². The zero-order valence-electron chi connectivity index (χ0n) is 11.2. The van der Waals surface area contributed by atoms with Gasteiger partial charge in [-0.3, -0.25) is 4.98 Å². The fourth-order valence-electron chi connectivity index (χ4n) is 1.91. The maximum Gasteiger partial charge on any atom is 0.418 e. The van der Waals surface area contributed by atoms with Crippen LogP contribution < -0.4 is 4.74 Å². The number of carboxylic acids is 1. The van der Waals surface area contributed by atoms with Crippen LogP contribution in [0.5, 0.6) is 5.75 Å². The Morgan fingerprint density at radius 1 is 1.38 bits per heavy atom. The second-order valence-electron chi connectivity index (χ2n) is 4.56. The molecule has 0 aliphatic heterocycles. The first-order valence-electron chi connectivity index (χ1n) is 6.07. The molecular formula is C14H12F3NO3. The summed E-state index contributed by atoms with van der Waals surface area (Å²) < 4.78 is 44.2. The maximum atomic E-state index is 13.0. The Labute approximate surface area is 118 Å². The number of aliphatic carboxylic acids is 1. The summed E-state index contributed by atoms with van der Waals surface area (Å²) in [5, 5.41) is 8.98. The number of pyridine rings is 1. The number of para-hydroxylation sites is 1. The number of nitrogens with zero attached hydrogens (tertiary/aromatic N) is 1. The van der Waals surface area contributed by atoms with Gasteiger partial charge in [-0.25, -0.2) is 4.79 Å². The lowest BCUT2D eigenvalue weighted by atomic mass is 10.1. The van der Waals surface area contributed by atoms with Gasteiger partial charge in [0.2, 0.25) is 0 Å². The van der Waals surface area contributed by atoms with Gasteiger partial charge in [0.05, 0.1) is 11.1 Å². The SMILES string of the molecule is Cc1cc(OC(C)C(=O)O)c2cccc(C(F)(F)F)c2n1. The van der Waals surface area contributed by atoms with E-state index in [4.69, 9.17) is 9.84 Å². The van der Waals surface area contributed by atoms with E-state index in [9.17, 15) is 18.0 Å². The van der Waals surface area contributed by atoms with Crippen LogP contribution in [-0.2, 0) is 11.0 Å². The Balaban J connectivity index is 2.65. The minimum Gasteiger partial charge on any atom is -0.479 e. The van der Waals surface area contributed by atoms with Gasteiger partial charge in [-0.2, -0.15) is 13.2 Å². The number of rotatable bonds is 3. The molecule has 0 aliphatic carbocycles. The molecule has 0 fully saturated rings. The summed E-state index contributed by atoms with van der Waals surface area (Å²) in [7, 11) is 0. The Morgan fingerprint density at radius 2 is 2.05 bits per heavy atom. The topological polar surface area (TPSA) is 59.4 Å². The Bertz CT molecular complexity index is 698. The summed E-state index contributed by atoms with van der Waals surface area (Å²) in [6, 6.07) is 5.00. The molecule has 1 atom stereocenters. The molecule has 112 valence electrons. The molecule has 0 radical (unpaired) electrons. The van der Waals surface area contributed by atoms with Crippen LogP contribution in [0.3, 0.4) is 0 Å². The molecule has 0 aliphatic rings. The second-order valence-corrected chi connectivity index (χ2v) is 4.56. The van der Waals surface area contributed by atoms with Crippen molar-refractivity contribution in [2.45, 2.75) is 26.1 Å². The van der Waals surface area contributed by atoms with Gasteiger partial charge in [-0.15, -0.1) is 0 Å². The highest BCUT2D eigenvalue weighted by Crippen LogP contribution is 2.37. The van der Waals surface area contributed by atoms with Crippen LogP contribution in [0.15, 0.2) is 24.3 Å². The van der Waals surface area contributed by atoms with E-state index in [2.05, 4.69) is 4.98 Å². The Morgan fingerprint density at radius 3 is 2.62 bits per heavy atom. The smallest absolute Gasteiger partial charge is 0.418 e. The number of fused-ring (bicyclic) bond motifs is 1. The molecule has 21 heavy (non-hydrogen) atoms. The van der Waals surface area contributed by atoms with Crippen molar-refractivity contribution in [3.05, 3.63) is 35.5 Å². The maximum absolute atomic E-state index is 13.0. The van der Waals surface area contributed by atoms with E-state index in [1.54, 1.807) is 0 Å². The number of carbonyl (C=O) groups is 1. The van der Waals surface area contributed by atoms with E-state index in [1.165, 1.54) is 32.0 Å². The van der Waals surface area contributed by atoms with Crippen molar-refractivity contribution in [1.82, 2.24) is 4.98 Å². The molecule has 0 saturated heterocycles. The summed E-state index contributed by atoms with van der Waals surface area (Å²) in [6.07, 6.45) is -5.72. The molecule has 1 aromatic carbocycles. The highest BCUT2D eigenvalue weighted by atomic mass is 19.4. The van der Waals surface area contributed by atoms with Gasteiger partial charge < -0.3 is 9.84 Å². The monoisotopic (exact) mass is 299 g/mol. The number of ether oxygens (including phenoxy) is 1. The quantitative estimate of drug-likeness (QED) is 0.943. The minimum atomic E-state index is -4.55. The number of hydrogen-bond acceptors (Lipinski definition) is 3. The Kier molecular flexibility index (Phi) is 3.76. The average Bonchev–Trinajstić information content (AvgIpc) is 2.36. The number of aromatic nitrogens is 1. The van der Waals surface area contributed by atoms with Crippen molar-refractivity contribution < 1.29 is 27.8 Å². The van der Waals surface area contributed by atoms with Crippen LogP contribution in [0.1, 0.15) is 18.2 Å². The van der Waals surface area contributed by atoms with Crippen LogP contribution in [-0.4, -0.2) is 22.2 Å².